The van der Waals surface area contributed by atoms with Crippen molar-refractivity contribution in [1.29, 1.82) is 0 Å². The number of pyridine rings is 1. The summed E-state index contributed by atoms with van der Waals surface area (Å²) >= 11 is 1.70. The predicted octanol–water partition coefficient (Wildman–Crippen LogP) is 1.94. The zero-order valence-electron chi connectivity index (χ0n) is 9.27. The molecule has 1 amide bonds. The van der Waals surface area contributed by atoms with Gasteiger partial charge in [-0.25, -0.2) is 4.98 Å². The first-order valence-corrected chi connectivity index (χ1v) is 6.71. The fourth-order valence-electron chi connectivity index (χ4n) is 1.71. The Hall–Kier alpha value is -1.23. The lowest BCUT2D eigenvalue weighted by Crippen LogP contribution is -2.24. The molecule has 2 heterocycles. The Morgan fingerprint density at radius 1 is 1.56 bits per heavy atom. The number of rotatable bonds is 4. The summed E-state index contributed by atoms with van der Waals surface area (Å²) in [5.74, 6) is 2.58. The molecule has 1 N–H and O–H groups in total. The van der Waals surface area contributed by atoms with Crippen molar-refractivity contribution in [1.82, 2.24) is 4.98 Å². The van der Waals surface area contributed by atoms with E-state index >= 15 is 0 Å². The molecule has 16 heavy (non-hydrogen) atoms. The smallest absolute Gasteiger partial charge is 0.228 e. The highest BCUT2D eigenvalue weighted by Gasteiger charge is 2.22. The Kier molecular flexibility index (Phi) is 3.66. The molecule has 0 saturated carbocycles. The maximum absolute atomic E-state index is 11.6. The van der Waals surface area contributed by atoms with Gasteiger partial charge in [0.25, 0.3) is 0 Å². The Morgan fingerprint density at radius 3 is 3.12 bits per heavy atom. The fraction of sp³-hybridized carbons (Fsp3) is 0.455. The zero-order valence-corrected chi connectivity index (χ0v) is 10.1. The number of nitrogens with zero attached hydrogens (tertiary/aromatic N) is 2. The lowest BCUT2D eigenvalue weighted by molar-refractivity contribution is -0.117. The van der Waals surface area contributed by atoms with Crippen molar-refractivity contribution in [2.75, 3.05) is 28.9 Å². The second-order valence-electron chi connectivity index (χ2n) is 3.64. The van der Waals surface area contributed by atoms with Crippen molar-refractivity contribution in [3.63, 3.8) is 0 Å². The maximum atomic E-state index is 11.6. The van der Waals surface area contributed by atoms with Gasteiger partial charge in [-0.15, -0.1) is 11.8 Å². The van der Waals surface area contributed by atoms with Crippen LogP contribution < -0.4 is 10.2 Å². The molecule has 0 aromatic carbocycles. The average Bonchev–Trinajstić information content (AvgIpc) is 2.73. The summed E-state index contributed by atoms with van der Waals surface area (Å²) in [5.41, 5.74) is 0. The van der Waals surface area contributed by atoms with E-state index in [0.29, 0.717) is 6.42 Å². The Morgan fingerprint density at radius 2 is 2.44 bits per heavy atom. The molecular weight excluding hydrogens is 222 g/mol. The van der Waals surface area contributed by atoms with Crippen LogP contribution in [0.1, 0.15) is 12.8 Å². The number of anilines is 2. The molecule has 0 spiro atoms. The second-order valence-corrected chi connectivity index (χ2v) is 4.51. The largest absolute Gasteiger partial charge is 0.361 e. The molecule has 1 aliphatic heterocycles. The van der Waals surface area contributed by atoms with Crippen LogP contribution >= 0.6 is 11.8 Å². The monoisotopic (exact) mass is 237 g/mol. The minimum Gasteiger partial charge on any atom is -0.361 e. The summed E-state index contributed by atoms with van der Waals surface area (Å²) in [6.07, 6.45) is 3.61. The first kappa shape index (κ1) is 11.3. The van der Waals surface area contributed by atoms with Crippen LogP contribution in [0.5, 0.6) is 0 Å². The highest BCUT2D eigenvalue weighted by molar-refractivity contribution is 7.98. The fourth-order valence-corrected chi connectivity index (χ4v) is 2.00. The summed E-state index contributed by atoms with van der Waals surface area (Å²) in [6, 6.07) is 5.73. The molecule has 0 unspecified atom stereocenters. The summed E-state index contributed by atoms with van der Waals surface area (Å²) in [4.78, 5) is 17.7. The van der Waals surface area contributed by atoms with Gasteiger partial charge in [-0.2, -0.15) is 0 Å². The second kappa shape index (κ2) is 5.21. The Balaban J connectivity index is 2.12. The number of carbonyl (C=O) groups is 1. The average molecular weight is 237 g/mol. The van der Waals surface area contributed by atoms with Gasteiger partial charge in [-0.3, -0.25) is 9.69 Å². The normalized spacial score (nSPS) is 15.6. The van der Waals surface area contributed by atoms with E-state index in [1.54, 1.807) is 16.7 Å². The number of thioether (sulfide) groups is 1. The van der Waals surface area contributed by atoms with Crippen LogP contribution in [0.2, 0.25) is 0 Å². The molecule has 1 aliphatic rings. The molecular formula is C11H15N3OS. The molecule has 1 aromatic rings. The third kappa shape index (κ3) is 2.47. The molecule has 0 bridgehead atoms. The van der Waals surface area contributed by atoms with Gasteiger partial charge in [0.2, 0.25) is 5.91 Å². The van der Waals surface area contributed by atoms with E-state index in [1.165, 1.54) is 0 Å². The summed E-state index contributed by atoms with van der Waals surface area (Å²) in [7, 11) is 0. The molecule has 2 rings (SSSR count). The molecule has 5 heteroatoms. The zero-order chi connectivity index (χ0) is 11.4. The number of hydrogen-bond acceptors (Lipinski definition) is 4. The number of aromatic nitrogens is 1. The van der Waals surface area contributed by atoms with Crippen molar-refractivity contribution in [3.8, 4) is 0 Å². The van der Waals surface area contributed by atoms with E-state index in [-0.39, 0.29) is 5.91 Å². The summed E-state index contributed by atoms with van der Waals surface area (Å²) in [6.45, 7) is 0.789. The number of carbonyl (C=O) groups excluding carboxylic acids is 1. The number of amides is 1. The maximum Gasteiger partial charge on any atom is 0.228 e. The molecule has 0 aliphatic carbocycles. The van der Waals surface area contributed by atoms with Crippen LogP contribution in [-0.2, 0) is 4.79 Å². The van der Waals surface area contributed by atoms with E-state index < -0.39 is 0 Å². The summed E-state index contributed by atoms with van der Waals surface area (Å²) in [5, 5.41) is 3.19. The first-order chi connectivity index (χ1) is 7.81. The van der Waals surface area contributed by atoms with Crippen molar-refractivity contribution < 1.29 is 4.79 Å². The minimum absolute atomic E-state index is 0.175. The van der Waals surface area contributed by atoms with Crippen LogP contribution in [0.15, 0.2) is 18.2 Å². The van der Waals surface area contributed by atoms with E-state index in [9.17, 15) is 4.79 Å². The molecule has 1 aromatic heterocycles. The predicted molar refractivity (Wildman–Crippen MR) is 67.8 cm³/mol. The lowest BCUT2D eigenvalue weighted by atomic mass is 10.4. The highest BCUT2D eigenvalue weighted by atomic mass is 32.2. The van der Waals surface area contributed by atoms with E-state index in [1.807, 2.05) is 24.5 Å². The first-order valence-electron chi connectivity index (χ1n) is 5.31. The molecule has 86 valence electrons. The van der Waals surface area contributed by atoms with Gasteiger partial charge >= 0.3 is 0 Å². The van der Waals surface area contributed by atoms with Crippen LogP contribution in [0, 0.1) is 0 Å². The van der Waals surface area contributed by atoms with E-state index in [0.717, 1.165) is 30.5 Å². The Labute approximate surface area is 99.4 Å². The van der Waals surface area contributed by atoms with Crippen molar-refractivity contribution >= 4 is 29.3 Å². The highest BCUT2D eigenvalue weighted by Crippen LogP contribution is 2.20. The van der Waals surface area contributed by atoms with Crippen LogP contribution in [0.4, 0.5) is 11.6 Å². The molecule has 0 radical (unpaired) electrons. The van der Waals surface area contributed by atoms with Gasteiger partial charge in [0, 0.05) is 13.0 Å². The van der Waals surface area contributed by atoms with Gasteiger partial charge in [0.05, 0.1) is 5.88 Å². The lowest BCUT2D eigenvalue weighted by Gasteiger charge is -2.15. The van der Waals surface area contributed by atoms with Crippen LogP contribution in [-0.4, -0.2) is 29.6 Å². The third-order valence-electron chi connectivity index (χ3n) is 2.48. The van der Waals surface area contributed by atoms with Crippen molar-refractivity contribution in [2.45, 2.75) is 12.8 Å². The third-order valence-corrected chi connectivity index (χ3v) is 2.91. The molecule has 4 nitrogen and oxygen atoms in total. The topological polar surface area (TPSA) is 45.2 Å². The van der Waals surface area contributed by atoms with Crippen LogP contribution in [0.25, 0.3) is 0 Å². The molecule has 1 saturated heterocycles. The Bertz CT molecular complexity index is 383. The molecule has 1 fully saturated rings. The van der Waals surface area contributed by atoms with Gasteiger partial charge in [0.15, 0.2) is 0 Å². The van der Waals surface area contributed by atoms with Gasteiger partial charge < -0.3 is 5.32 Å². The van der Waals surface area contributed by atoms with Gasteiger partial charge in [-0.1, -0.05) is 6.07 Å². The van der Waals surface area contributed by atoms with Gasteiger partial charge in [0.1, 0.15) is 11.6 Å². The van der Waals surface area contributed by atoms with Gasteiger partial charge in [-0.05, 0) is 24.8 Å². The molecule has 0 atom stereocenters. The number of hydrogen-bond donors (Lipinski definition) is 1. The SMILES string of the molecule is CSCNc1cccc(N2CCCC2=O)n1. The van der Waals surface area contributed by atoms with Crippen molar-refractivity contribution in [3.05, 3.63) is 18.2 Å². The van der Waals surface area contributed by atoms with Crippen LogP contribution in [0.3, 0.4) is 0 Å². The minimum atomic E-state index is 0.175. The standard InChI is InChI=1S/C11H15N3OS/c1-16-8-12-9-4-2-5-10(13-9)14-7-3-6-11(14)15/h2,4-5H,3,6-8H2,1H3,(H,12,13). The van der Waals surface area contributed by atoms with E-state index in [2.05, 4.69) is 10.3 Å². The quantitative estimate of drug-likeness (QED) is 0.813. The summed E-state index contributed by atoms with van der Waals surface area (Å²) < 4.78 is 0. The van der Waals surface area contributed by atoms with Crippen molar-refractivity contribution in [2.24, 2.45) is 0 Å². The number of nitrogens with one attached hydrogen (secondary N) is 1. The van der Waals surface area contributed by atoms with E-state index in [4.69, 9.17) is 0 Å².